The molecule has 2 fully saturated rings. The molecule has 0 unspecified atom stereocenters. The number of piperidine rings is 1. The Kier molecular flexibility index (Phi) is 9.44. The van der Waals surface area contributed by atoms with E-state index in [4.69, 9.17) is 10.5 Å². The van der Waals surface area contributed by atoms with E-state index in [2.05, 4.69) is 9.88 Å². The number of nitrogens with two attached hydrogens (primary N) is 1. The molecule has 2 aromatic carbocycles. The highest BCUT2D eigenvalue weighted by molar-refractivity contribution is 5.99. The van der Waals surface area contributed by atoms with E-state index in [9.17, 15) is 28.4 Å². The molecule has 0 aliphatic carbocycles. The number of likely N-dealkylation sites (N-methyl/N-ethyl adjacent to an activating group) is 1. The summed E-state index contributed by atoms with van der Waals surface area (Å²) < 4.78 is 36.8. The lowest BCUT2D eigenvalue weighted by atomic mass is 9.88. The van der Waals surface area contributed by atoms with Crippen molar-refractivity contribution in [2.75, 3.05) is 52.0 Å². The van der Waals surface area contributed by atoms with Gasteiger partial charge in [-0.3, -0.25) is 18.7 Å². The van der Waals surface area contributed by atoms with Crippen LogP contribution in [0.2, 0.25) is 0 Å². The number of likely N-dealkylation sites (tertiary alicyclic amines) is 1. The van der Waals surface area contributed by atoms with Crippen molar-refractivity contribution in [3.63, 3.8) is 0 Å². The number of fused-ring (bicyclic) bond motifs is 1. The molecule has 0 radical (unpaired) electrons. The summed E-state index contributed by atoms with van der Waals surface area (Å²) >= 11 is 0. The molecule has 260 valence electrons. The Morgan fingerprint density at radius 2 is 1.70 bits per heavy atom. The summed E-state index contributed by atoms with van der Waals surface area (Å²) in [6.45, 7) is 6.59. The lowest BCUT2D eigenvalue weighted by molar-refractivity contribution is -0.139. The lowest BCUT2D eigenvalue weighted by Crippen LogP contribution is -2.50. The zero-order valence-electron chi connectivity index (χ0n) is 28.1. The first-order valence-electron chi connectivity index (χ1n) is 16.4. The largest absolute Gasteiger partial charge is 0.451 e. The zero-order chi connectivity index (χ0) is 35.7. The number of para-hydroxylation sites is 1. The molecule has 1 atom stereocenters. The van der Waals surface area contributed by atoms with Gasteiger partial charge in [0.15, 0.2) is 17.4 Å². The van der Waals surface area contributed by atoms with Crippen LogP contribution in [0.15, 0.2) is 71.2 Å². The predicted molar refractivity (Wildman–Crippen MR) is 183 cm³/mol. The van der Waals surface area contributed by atoms with Gasteiger partial charge < -0.3 is 25.2 Å². The summed E-state index contributed by atoms with van der Waals surface area (Å²) in [5.74, 6) is -2.64. The van der Waals surface area contributed by atoms with E-state index < -0.39 is 40.4 Å². The highest BCUT2D eigenvalue weighted by Gasteiger charge is 2.35. The maximum atomic E-state index is 14.2. The normalized spacial score (nSPS) is 17.5. The van der Waals surface area contributed by atoms with Gasteiger partial charge in [-0.25, -0.2) is 18.6 Å². The third-order valence-electron chi connectivity index (χ3n) is 9.29. The van der Waals surface area contributed by atoms with Crippen molar-refractivity contribution >= 4 is 28.7 Å². The van der Waals surface area contributed by atoms with Gasteiger partial charge in [0, 0.05) is 45.5 Å². The van der Waals surface area contributed by atoms with E-state index in [1.807, 2.05) is 13.1 Å². The standard InChI is InChI=1S/C36H38F2N8O4/c1-36(2,34(48)43-18-16-42(3)17-19-43)20-23(21-39)33(47)44-15-5-6-25(22-44)45-29-13-14-41-32(40)30(29)46(35(45)49)24-9-11-26(12-10-24)50-31-27(37)7-4-8-28(31)38/h4,7-14,20,25H,5-6,15-19,22H2,1-3H3,(H2,40,41)/t25-/m1/s1. The molecule has 2 aromatic heterocycles. The summed E-state index contributed by atoms with van der Waals surface area (Å²) in [6, 6.07) is 12.7. The summed E-state index contributed by atoms with van der Waals surface area (Å²) in [6.07, 6.45) is 4.10. The first-order valence-corrected chi connectivity index (χ1v) is 16.4. The smallest absolute Gasteiger partial charge is 0.334 e. The summed E-state index contributed by atoms with van der Waals surface area (Å²) in [5, 5.41) is 10.1. The molecule has 4 aromatic rings. The molecule has 2 aliphatic rings. The van der Waals surface area contributed by atoms with Crippen LogP contribution in [0.3, 0.4) is 0 Å². The quantitative estimate of drug-likeness (QED) is 0.225. The van der Waals surface area contributed by atoms with Crippen LogP contribution in [-0.4, -0.2) is 86.9 Å². The van der Waals surface area contributed by atoms with Gasteiger partial charge in [0.1, 0.15) is 28.7 Å². The van der Waals surface area contributed by atoms with E-state index in [1.54, 1.807) is 46.4 Å². The van der Waals surface area contributed by atoms with Crippen LogP contribution in [0.5, 0.6) is 11.5 Å². The summed E-state index contributed by atoms with van der Waals surface area (Å²) in [5.41, 5.74) is 5.95. The number of ether oxygens (including phenoxy) is 1. The highest BCUT2D eigenvalue weighted by atomic mass is 19.1. The Balaban J connectivity index is 1.27. The average Bonchev–Trinajstić information content (AvgIpc) is 3.41. The molecule has 2 N–H and O–H groups in total. The molecule has 50 heavy (non-hydrogen) atoms. The lowest BCUT2D eigenvalue weighted by Gasteiger charge is -2.36. The monoisotopic (exact) mass is 684 g/mol. The fraction of sp³-hybridized carbons (Fsp3) is 0.361. The number of aromatic nitrogens is 3. The molecular weight excluding hydrogens is 646 g/mol. The molecule has 0 bridgehead atoms. The maximum absolute atomic E-state index is 14.2. The molecule has 14 heteroatoms. The summed E-state index contributed by atoms with van der Waals surface area (Å²) in [7, 11) is 2.00. The Bertz CT molecular complexity index is 2050. The van der Waals surface area contributed by atoms with E-state index in [-0.39, 0.29) is 29.6 Å². The second kappa shape index (κ2) is 13.8. The maximum Gasteiger partial charge on any atom is 0.334 e. The number of halogens is 2. The second-order valence-electron chi connectivity index (χ2n) is 13.2. The number of anilines is 1. The van der Waals surface area contributed by atoms with Gasteiger partial charge in [-0.1, -0.05) is 6.07 Å². The van der Waals surface area contributed by atoms with Crippen molar-refractivity contribution in [1.82, 2.24) is 28.8 Å². The number of nitrogen functional groups attached to an aromatic ring is 1. The number of imidazole rings is 1. The summed E-state index contributed by atoms with van der Waals surface area (Å²) in [4.78, 5) is 51.0. The molecule has 12 nitrogen and oxygen atoms in total. The number of hydrogen-bond donors (Lipinski definition) is 1. The topological polar surface area (TPSA) is 143 Å². The number of nitrogens with zero attached hydrogens (tertiary/aromatic N) is 7. The van der Waals surface area contributed by atoms with Crippen molar-refractivity contribution in [1.29, 1.82) is 5.26 Å². The van der Waals surface area contributed by atoms with E-state index >= 15 is 0 Å². The van der Waals surface area contributed by atoms with Gasteiger partial charge in [-0.2, -0.15) is 5.26 Å². The van der Waals surface area contributed by atoms with Gasteiger partial charge >= 0.3 is 5.69 Å². The van der Waals surface area contributed by atoms with Crippen molar-refractivity contribution in [2.24, 2.45) is 5.41 Å². The van der Waals surface area contributed by atoms with E-state index in [1.165, 1.54) is 35.0 Å². The number of benzene rings is 2. The van der Waals surface area contributed by atoms with E-state index in [0.717, 1.165) is 25.2 Å². The number of rotatable bonds is 7. The van der Waals surface area contributed by atoms with Crippen molar-refractivity contribution in [3.05, 3.63) is 88.5 Å². The Morgan fingerprint density at radius 3 is 2.36 bits per heavy atom. The Labute approximate surface area is 287 Å². The zero-order valence-corrected chi connectivity index (χ0v) is 28.1. The third kappa shape index (κ3) is 6.56. The highest BCUT2D eigenvalue weighted by Crippen LogP contribution is 2.32. The van der Waals surface area contributed by atoms with Crippen LogP contribution < -0.4 is 16.2 Å². The number of amides is 2. The number of nitriles is 1. The van der Waals surface area contributed by atoms with Crippen LogP contribution in [0.25, 0.3) is 16.7 Å². The van der Waals surface area contributed by atoms with Crippen LogP contribution >= 0.6 is 0 Å². The average molecular weight is 685 g/mol. The van der Waals surface area contributed by atoms with Crippen LogP contribution in [0.4, 0.5) is 14.6 Å². The number of carbonyl (C=O) groups is 2. The fourth-order valence-electron chi connectivity index (χ4n) is 6.64. The van der Waals surface area contributed by atoms with Gasteiger partial charge in [-0.05, 0) is 82.3 Å². The van der Waals surface area contributed by atoms with Crippen LogP contribution in [0, 0.1) is 28.4 Å². The molecule has 4 heterocycles. The molecular formula is C36H38F2N8O4. The van der Waals surface area contributed by atoms with Crippen LogP contribution in [0.1, 0.15) is 32.7 Å². The minimum Gasteiger partial charge on any atom is -0.451 e. The molecule has 2 amide bonds. The van der Waals surface area contributed by atoms with Crippen molar-refractivity contribution in [2.45, 2.75) is 32.7 Å². The fourth-order valence-corrected chi connectivity index (χ4v) is 6.64. The van der Waals surface area contributed by atoms with Crippen molar-refractivity contribution in [3.8, 4) is 23.3 Å². The minimum atomic E-state index is -1.08. The number of carbonyl (C=O) groups excluding carboxylic acids is 2. The van der Waals surface area contributed by atoms with Crippen molar-refractivity contribution < 1.29 is 23.1 Å². The van der Waals surface area contributed by atoms with Gasteiger partial charge in [0.05, 0.1) is 22.7 Å². The first-order chi connectivity index (χ1) is 23.9. The molecule has 2 aliphatic heterocycles. The SMILES string of the molecule is CN1CCN(C(=O)C(C)(C)C=C(C#N)C(=O)N2CCC[C@@H](n3c(=O)n(-c4ccc(Oc5c(F)cccc5F)cc4)c4c(N)nccc43)C2)CC1. The number of piperazine rings is 1. The number of pyridine rings is 1. The van der Waals surface area contributed by atoms with Gasteiger partial charge in [-0.15, -0.1) is 0 Å². The Morgan fingerprint density at radius 1 is 1.02 bits per heavy atom. The minimum absolute atomic E-state index is 0.109. The predicted octanol–water partition coefficient (Wildman–Crippen LogP) is 4.25. The van der Waals surface area contributed by atoms with Crippen LogP contribution in [-0.2, 0) is 9.59 Å². The van der Waals surface area contributed by atoms with E-state index in [0.29, 0.717) is 49.2 Å². The number of hydrogen-bond acceptors (Lipinski definition) is 8. The molecule has 6 rings (SSSR count). The molecule has 0 spiro atoms. The molecule has 2 saturated heterocycles. The first kappa shape index (κ1) is 34.3. The molecule has 0 saturated carbocycles. The Hall–Kier alpha value is -5.55. The van der Waals surface area contributed by atoms with Gasteiger partial charge in [0.2, 0.25) is 5.91 Å². The second-order valence-corrected chi connectivity index (χ2v) is 13.2. The van der Waals surface area contributed by atoms with Gasteiger partial charge in [0.25, 0.3) is 5.91 Å². The third-order valence-corrected chi connectivity index (χ3v) is 9.29.